The third-order valence-corrected chi connectivity index (χ3v) is 8.02. The fourth-order valence-electron chi connectivity index (χ4n) is 5.62. The summed E-state index contributed by atoms with van der Waals surface area (Å²) in [5.74, 6) is -3.80. The van der Waals surface area contributed by atoms with Crippen LogP contribution in [0, 0.1) is 11.8 Å². The monoisotopic (exact) mass is 648 g/mol. The molecule has 1 heterocycles. The lowest BCUT2D eigenvalue weighted by molar-refractivity contribution is -0.147. The van der Waals surface area contributed by atoms with E-state index in [2.05, 4.69) is 16.0 Å². The maximum atomic E-state index is 13.9. The maximum absolute atomic E-state index is 13.9. The summed E-state index contributed by atoms with van der Waals surface area (Å²) in [7, 11) is 0. The summed E-state index contributed by atoms with van der Waals surface area (Å²) < 4.78 is 0. The van der Waals surface area contributed by atoms with Crippen LogP contribution in [-0.2, 0) is 41.6 Å². The molecule has 1 saturated heterocycles. The van der Waals surface area contributed by atoms with Crippen LogP contribution in [0.15, 0.2) is 60.7 Å². The Hall–Kier alpha value is -4.42. The summed E-state index contributed by atoms with van der Waals surface area (Å²) in [5.41, 5.74) is 13.6. The van der Waals surface area contributed by atoms with E-state index >= 15 is 0 Å². The van der Waals surface area contributed by atoms with Gasteiger partial charge < -0.3 is 27.0 Å². The summed E-state index contributed by atoms with van der Waals surface area (Å²) in [6, 6.07) is 15.8. The molecule has 1 fully saturated rings. The van der Waals surface area contributed by atoms with Crippen LogP contribution in [0.4, 0.5) is 0 Å². The normalized spacial score (nSPS) is 15.7. The van der Waals surface area contributed by atoms with Gasteiger partial charge in [-0.05, 0) is 62.1 Å². The predicted octanol–water partition coefficient (Wildman–Crippen LogP) is 1.00. The third kappa shape index (κ3) is 12.4. The van der Waals surface area contributed by atoms with Crippen LogP contribution in [-0.4, -0.2) is 78.0 Å². The van der Waals surface area contributed by atoms with Gasteiger partial charge in [-0.1, -0.05) is 74.5 Å². The molecule has 4 atom stereocenters. The van der Waals surface area contributed by atoms with Crippen molar-refractivity contribution in [1.82, 2.24) is 20.9 Å². The fourth-order valence-corrected chi connectivity index (χ4v) is 5.62. The SMILES string of the molecule is CC(C)C[C@@H](CC(=O)[C@@H](Cc1ccccc1)NC(=O)[C@H](N)Cc1ccccc1)C(=O)N[C@H](CCCCN)C(=O)N1CC(=O)NC(=O)C1. The Morgan fingerprint density at radius 2 is 1.36 bits per heavy atom. The molecule has 0 unspecified atom stereocenters. The minimum atomic E-state index is -1.01. The fraction of sp³-hybridized carbons (Fsp3) is 0.486. The summed E-state index contributed by atoms with van der Waals surface area (Å²) in [5, 5.41) is 7.82. The van der Waals surface area contributed by atoms with Crippen molar-refractivity contribution in [2.24, 2.45) is 23.3 Å². The van der Waals surface area contributed by atoms with Crippen LogP contribution in [0.3, 0.4) is 0 Å². The van der Waals surface area contributed by atoms with Crippen LogP contribution in [0.2, 0.25) is 0 Å². The second kappa shape index (κ2) is 18.7. The molecule has 0 aliphatic carbocycles. The van der Waals surface area contributed by atoms with Crippen LogP contribution >= 0.6 is 0 Å². The number of benzene rings is 2. The lowest BCUT2D eigenvalue weighted by Crippen LogP contribution is -2.58. The molecule has 0 bridgehead atoms. The number of rotatable bonds is 18. The van der Waals surface area contributed by atoms with E-state index < -0.39 is 53.6 Å². The molecule has 254 valence electrons. The largest absolute Gasteiger partial charge is 0.345 e. The zero-order chi connectivity index (χ0) is 34.3. The van der Waals surface area contributed by atoms with Gasteiger partial charge in [-0.15, -0.1) is 0 Å². The Morgan fingerprint density at radius 1 is 0.809 bits per heavy atom. The number of piperazine rings is 1. The van der Waals surface area contributed by atoms with E-state index in [1.165, 1.54) is 0 Å². The number of ketones is 1. The minimum Gasteiger partial charge on any atom is -0.345 e. The van der Waals surface area contributed by atoms with Gasteiger partial charge in [0, 0.05) is 12.3 Å². The Balaban J connectivity index is 1.78. The Bertz CT molecular complexity index is 1350. The van der Waals surface area contributed by atoms with Crippen molar-refractivity contribution in [3.63, 3.8) is 0 Å². The van der Waals surface area contributed by atoms with Gasteiger partial charge >= 0.3 is 0 Å². The molecular formula is C35H48N6O6. The maximum Gasteiger partial charge on any atom is 0.246 e. The Morgan fingerprint density at radius 3 is 1.91 bits per heavy atom. The summed E-state index contributed by atoms with van der Waals surface area (Å²) >= 11 is 0. The van der Waals surface area contributed by atoms with Crippen LogP contribution in [0.5, 0.6) is 0 Å². The molecule has 3 rings (SSSR count). The Kier molecular flexibility index (Phi) is 14.7. The van der Waals surface area contributed by atoms with E-state index in [1.54, 1.807) is 0 Å². The zero-order valence-electron chi connectivity index (χ0n) is 27.3. The van der Waals surface area contributed by atoms with E-state index in [1.807, 2.05) is 74.5 Å². The number of hydrogen-bond acceptors (Lipinski definition) is 8. The lowest BCUT2D eigenvalue weighted by atomic mass is 9.88. The van der Waals surface area contributed by atoms with Gasteiger partial charge in [-0.3, -0.25) is 34.1 Å². The number of nitrogens with zero attached hydrogens (tertiary/aromatic N) is 1. The number of Topliss-reactive ketones (excluding diaryl/α,β-unsaturated/α-hetero) is 1. The van der Waals surface area contributed by atoms with Crippen molar-refractivity contribution < 1.29 is 28.8 Å². The van der Waals surface area contributed by atoms with Gasteiger partial charge in [-0.25, -0.2) is 0 Å². The first kappa shape index (κ1) is 37.0. The van der Waals surface area contributed by atoms with E-state index in [4.69, 9.17) is 11.5 Å². The molecular weight excluding hydrogens is 600 g/mol. The molecule has 1 aliphatic rings. The number of carbonyl (C=O) groups excluding carboxylic acids is 6. The number of hydrogen-bond donors (Lipinski definition) is 5. The number of imide groups is 1. The van der Waals surface area contributed by atoms with E-state index in [-0.39, 0.29) is 44.1 Å². The third-order valence-electron chi connectivity index (χ3n) is 8.02. The first-order valence-corrected chi connectivity index (χ1v) is 16.2. The zero-order valence-corrected chi connectivity index (χ0v) is 27.3. The molecule has 12 nitrogen and oxygen atoms in total. The molecule has 0 aromatic heterocycles. The van der Waals surface area contributed by atoms with Gasteiger partial charge in [0.1, 0.15) is 19.1 Å². The van der Waals surface area contributed by atoms with E-state index in [0.29, 0.717) is 32.2 Å². The van der Waals surface area contributed by atoms with E-state index in [0.717, 1.165) is 16.0 Å². The summed E-state index contributed by atoms with van der Waals surface area (Å²) in [6.07, 6.45) is 2.08. The number of unbranched alkanes of at least 4 members (excludes halogenated alkanes) is 1. The number of nitrogens with two attached hydrogens (primary N) is 2. The van der Waals surface area contributed by atoms with Crippen molar-refractivity contribution in [2.75, 3.05) is 19.6 Å². The topological polar surface area (TPSA) is 194 Å². The molecule has 5 amide bonds. The average molecular weight is 649 g/mol. The number of carbonyl (C=O) groups is 6. The average Bonchev–Trinajstić information content (AvgIpc) is 3.03. The predicted molar refractivity (Wildman–Crippen MR) is 177 cm³/mol. The van der Waals surface area contributed by atoms with Gasteiger partial charge in [-0.2, -0.15) is 0 Å². The number of amides is 5. The molecule has 1 aliphatic heterocycles. The summed E-state index contributed by atoms with van der Waals surface area (Å²) in [4.78, 5) is 79.3. The minimum absolute atomic E-state index is 0.0369. The molecule has 2 aromatic carbocycles. The highest BCUT2D eigenvalue weighted by Gasteiger charge is 2.35. The molecule has 2 aromatic rings. The molecule has 0 spiro atoms. The standard InChI is InChI=1S/C35H48N6O6/c1-23(2)17-26(33(45)38-28(15-9-10-16-36)35(47)41-21-31(43)40-32(44)22-41)20-30(42)29(19-25-13-7-4-8-14-25)39-34(46)27(37)18-24-11-5-3-6-12-24/h3-8,11-14,23,26-29H,9-10,15-22,36-37H2,1-2H3,(H,38,45)(H,39,46)(H,40,43,44)/t26-,27+,28+,29+/m0/s1. The second-order valence-corrected chi connectivity index (χ2v) is 12.6. The molecule has 12 heteroatoms. The van der Waals surface area contributed by atoms with Gasteiger partial charge in [0.2, 0.25) is 29.5 Å². The van der Waals surface area contributed by atoms with Gasteiger partial charge in [0.25, 0.3) is 0 Å². The molecule has 0 radical (unpaired) electrons. The first-order valence-electron chi connectivity index (χ1n) is 16.2. The van der Waals surface area contributed by atoms with E-state index in [9.17, 15) is 28.8 Å². The van der Waals surface area contributed by atoms with Crippen LogP contribution in [0.1, 0.15) is 57.1 Å². The lowest BCUT2D eigenvalue weighted by Gasteiger charge is -2.31. The van der Waals surface area contributed by atoms with Gasteiger partial charge in [0.15, 0.2) is 5.78 Å². The van der Waals surface area contributed by atoms with Crippen molar-refractivity contribution in [2.45, 2.75) is 76.9 Å². The molecule has 7 N–H and O–H groups in total. The second-order valence-electron chi connectivity index (χ2n) is 12.6. The quantitative estimate of drug-likeness (QED) is 0.117. The highest BCUT2D eigenvalue weighted by atomic mass is 16.2. The van der Waals surface area contributed by atoms with Crippen molar-refractivity contribution in [3.8, 4) is 0 Å². The molecule has 47 heavy (non-hydrogen) atoms. The van der Waals surface area contributed by atoms with Crippen LogP contribution in [0.25, 0.3) is 0 Å². The van der Waals surface area contributed by atoms with Crippen molar-refractivity contribution >= 4 is 35.3 Å². The number of nitrogens with one attached hydrogen (secondary N) is 3. The smallest absolute Gasteiger partial charge is 0.246 e. The van der Waals surface area contributed by atoms with Gasteiger partial charge in [0.05, 0.1) is 12.1 Å². The Labute approximate surface area is 276 Å². The highest BCUT2D eigenvalue weighted by molar-refractivity contribution is 6.03. The van der Waals surface area contributed by atoms with Crippen molar-refractivity contribution in [1.29, 1.82) is 0 Å². The first-order chi connectivity index (χ1) is 22.5. The molecule has 0 saturated carbocycles. The van der Waals surface area contributed by atoms with Crippen molar-refractivity contribution in [3.05, 3.63) is 71.8 Å². The summed E-state index contributed by atoms with van der Waals surface area (Å²) in [6.45, 7) is 3.66. The van der Waals surface area contributed by atoms with Crippen LogP contribution < -0.4 is 27.4 Å². The highest BCUT2D eigenvalue weighted by Crippen LogP contribution is 2.20.